The van der Waals surface area contributed by atoms with Crippen LogP contribution < -0.4 is 4.57 Å². The van der Waals surface area contributed by atoms with Gasteiger partial charge in [0.1, 0.15) is 13.2 Å². The van der Waals surface area contributed by atoms with E-state index >= 15 is 0 Å². The average Bonchev–Trinajstić information content (AvgIpc) is 2.35. The van der Waals surface area contributed by atoms with Crippen molar-refractivity contribution in [2.45, 2.75) is 63.9 Å². The van der Waals surface area contributed by atoms with E-state index in [1.165, 1.54) is 44.1 Å². The number of aromatic nitrogens is 1. The number of hydrogen-bond donors (Lipinski definition) is 1. The van der Waals surface area contributed by atoms with Crippen LogP contribution in [-0.4, -0.2) is 5.11 Å². The Labute approximate surface area is 111 Å². The Balaban J connectivity index is 2.18. The Morgan fingerprint density at radius 2 is 1.72 bits per heavy atom. The largest absolute Gasteiger partial charge is 0.382 e. The highest BCUT2D eigenvalue weighted by Crippen LogP contribution is 2.23. The SMILES string of the molecule is C[n+]1cccc2c1C(O)CCCCCCCCC2. The second-order valence-corrected chi connectivity index (χ2v) is 5.56. The van der Waals surface area contributed by atoms with Crippen LogP contribution >= 0.6 is 0 Å². The van der Waals surface area contributed by atoms with Gasteiger partial charge >= 0.3 is 0 Å². The number of aryl methyl sites for hydroxylation is 2. The van der Waals surface area contributed by atoms with Gasteiger partial charge in [-0.05, 0) is 25.3 Å². The van der Waals surface area contributed by atoms with E-state index in [-0.39, 0.29) is 6.10 Å². The molecule has 0 spiro atoms. The number of aliphatic hydroxyl groups is 1. The fourth-order valence-corrected chi connectivity index (χ4v) is 3.01. The molecule has 1 unspecified atom stereocenters. The van der Waals surface area contributed by atoms with Gasteiger partial charge < -0.3 is 5.11 Å². The smallest absolute Gasteiger partial charge is 0.213 e. The lowest BCUT2D eigenvalue weighted by molar-refractivity contribution is -0.683. The van der Waals surface area contributed by atoms with E-state index in [4.69, 9.17) is 0 Å². The van der Waals surface area contributed by atoms with E-state index < -0.39 is 0 Å². The molecule has 0 fully saturated rings. The van der Waals surface area contributed by atoms with Crippen LogP contribution in [-0.2, 0) is 13.5 Å². The fraction of sp³-hybridized carbons (Fsp3) is 0.688. The van der Waals surface area contributed by atoms with Crippen molar-refractivity contribution in [3.05, 3.63) is 29.6 Å². The molecule has 1 aliphatic carbocycles. The van der Waals surface area contributed by atoms with Gasteiger partial charge in [0.2, 0.25) is 5.69 Å². The lowest BCUT2D eigenvalue weighted by Crippen LogP contribution is -2.36. The van der Waals surface area contributed by atoms with Crippen molar-refractivity contribution in [3.8, 4) is 0 Å². The molecule has 0 radical (unpaired) electrons. The second kappa shape index (κ2) is 6.89. The number of rotatable bonds is 0. The monoisotopic (exact) mass is 248 g/mol. The van der Waals surface area contributed by atoms with Crippen molar-refractivity contribution >= 4 is 0 Å². The zero-order chi connectivity index (χ0) is 12.8. The highest BCUT2D eigenvalue weighted by atomic mass is 16.3. The summed E-state index contributed by atoms with van der Waals surface area (Å²) < 4.78 is 2.10. The number of nitrogens with zero attached hydrogens (tertiary/aromatic N) is 1. The lowest BCUT2D eigenvalue weighted by atomic mass is 9.96. The Morgan fingerprint density at radius 1 is 1.06 bits per heavy atom. The van der Waals surface area contributed by atoms with Gasteiger partial charge in [0.15, 0.2) is 6.20 Å². The minimum Gasteiger partial charge on any atom is -0.382 e. The molecule has 2 rings (SSSR count). The summed E-state index contributed by atoms with van der Waals surface area (Å²) in [5.74, 6) is 0. The summed E-state index contributed by atoms with van der Waals surface area (Å²) in [4.78, 5) is 0. The molecule has 1 aromatic rings. The van der Waals surface area contributed by atoms with Crippen molar-refractivity contribution in [3.63, 3.8) is 0 Å². The molecule has 1 atom stereocenters. The Hall–Kier alpha value is -0.890. The van der Waals surface area contributed by atoms with Crippen molar-refractivity contribution in [1.82, 2.24) is 0 Å². The first-order chi connectivity index (χ1) is 8.79. The Bertz CT molecular complexity index is 375. The van der Waals surface area contributed by atoms with E-state index in [9.17, 15) is 5.11 Å². The van der Waals surface area contributed by atoms with Crippen LogP contribution in [0, 0.1) is 0 Å². The molecule has 0 saturated carbocycles. The maximum atomic E-state index is 10.4. The Kier molecular flexibility index (Phi) is 5.18. The third-order valence-electron chi connectivity index (χ3n) is 4.06. The lowest BCUT2D eigenvalue weighted by Gasteiger charge is -2.14. The minimum atomic E-state index is -0.286. The molecule has 1 aromatic heterocycles. The first kappa shape index (κ1) is 13.5. The molecule has 0 saturated heterocycles. The maximum Gasteiger partial charge on any atom is 0.213 e. The molecule has 1 aliphatic rings. The molecule has 2 heteroatoms. The summed E-state index contributed by atoms with van der Waals surface area (Å²) in [5.41, 5.74) is 2.48. The number of fused-ring (bicyclic) bond motifs is 1. The first-order valence-corrected chi connectivity index (χ1v) is 7.44. The molecular weight excluding hydrogens is 222 g/mol. The van der Waals surface area contributed by atoms with Crippen molar-refractivity contribution in [2.24, 2.45) is 7.05 Å². The second-order valence-electron chi connectivity index (χ2n) is 5.56. The first-order valence-electron chi connectivity index (χ1n) is 7.44. The van der Waals surface area contributed by atoms with Gasteiger partial charge in [-0.15, -0.1) is 0 Å². The van der Waals surface area contributed by atoms with E-state index in [1.54, 1.807) is 0 Å². The van der Waals surface area contributed by atoms with Gasteiger partial charge in [0.05, 0.1) is 0 Å². The number of hydrogen-bond acceptors (Lipinski definition) is 1. The molecule has 0 aromatic carbocycles. The van der Waals surface area contributed by atoms with Gasteiger partial charge in [-0.25, -0.2) is 4.57 Å². The van der Waals surface area contributed by atoms with Crippen molar-refractivity contribution in [2.75, 3.05) is 0 Å². The molecular formula is C16H26NO+. The molecule has 1 N–H and O–H groups in total. The van der Waals surface area contributed by atoms with Crippen LogP contribution in [0.15, 0.2) is 18.3 Å². The maximum absolute atomic E-state index is 10.4. The highest BCUT2D eigenvalue weighted by molar-refractivity contribution is 5.18. The molecule has 18 heavy (non-hydrogen) atoms. The molecule has 2 nitrogen and oxygen atoms in total. The van der Waals surface area contributed by atoms with Gasteiger partial charge in [-0.3, -0.25) is 0 Å². The van der Waals surface area contributed by atoms with Gasteiger partial charge in [0.25, 0.3) is 0 Å². The third kappa shape index (κ3) is 3.55. The van der Waals surface area contributed by atoms with Gasteiger partial charge in [0, 0.05) is 11.6 Å². The zero-order valence-electron chi connectivity index (χ0n) is 11.6. The summed E-state index contributed by atoms with van der Waals surface area (Å²) in [5, 5.41) is 10.4. The predicted octanol–water partition coefficient (Wildman–Crippen LogP) is 3.22. The quantitative estimate of drug-likeness (QED) is 0.700. The topological polar surface area (TPSA) is 24.1 Å². The fourth-order valence-electron chi connectivity index (χ4n) is 3.01. The summed E-state index contributed by atoms with van der Waals surface area (Å²) in [6.07, 6.45) is 12.9. The third-order valence-corrected chi connectivity index (χ3v) is 4.06. The minimum absolute atomic E-state index is 0.286. The van der Waals surface area contributed by atoms with Gasteiger partial charge in [-0.2, -0.15) is 0 Å². The molecule has 0 aliphatic heterocycles. The molecule has 1 heterocycles. The van der Waals surface area contributed by atoms with Crippen molar-refractivity contribution < 1.29 is 9.67 Å². The van der Waals surface area contributed by atoms with Crippen LogP contribution in [0.2, 0.25) is 0 Å². The van der Waals surface area contributed by atoms with Crippen molar-refractivity contribution in [1.29, 1.82) is 0 Å². The molecule has 0 amide bonds. The predicted molar refractivity (Wildman–Crippen MR) is 73.2 cm³/mol. The summed E-state index contributed by atoms with van der Waals surface area (Å²) in [7, 11) is 2.05. The van der Waals surface area contributed by atoms with Crippen LogP contribution in [0.3, 0.4) is 0 Å². The summed E-state index contributed by atoms with van der Waals surface area (Å²) in [6.45, 7) is 0. The number of pyridine rings is 1. The van der Waals surface area contributed by atoms with E-state index in [2.05, 4.69) is 16.7 Å². The number of aliphatic hydroxyl groups excluding tert-OH is 1. The summed E-state index contributed by atoms with van der Waals surface area (Å²) >= 11 is 0. The van der Waals surface area contributed by atoms with Crippen LogP contribution in [0.1, 0.15) is 68.7 Å². The summed E-state index contributed by atoms with van der Waals surface area (Å²) in [6, 6.07) is 4.28. The average molecular weight is 248 g/mol. The van der Waals surface area contributed by atoms with E-state index in [0.717, 1.165) is 25.0 Å². The standard InChI is InChI=1S/C16H26NO/c1-17-13-9-11-14-10-7-5-3-2-4-6-8-12-15(18)16(14)17/h9,11,13,15,18H,2-8,10,12H2,1H3/q+1. The normalized spacial score (nSPS) is 22.7. The highest BCUT2D eigenvalue weighted by Gasteiger charge is 2.21. The zero-order valence-corrected chi connectivity index (χ0v) is 11.6. The van der Waals surface area contributed by atoms with Crippen LogP contribution in [0.5, 0.6) is 0 Å². The Morgan fingerprint density at radius 3 is 2.50 bits per heavy atom. The molecule has 100 valence electrons. The van der Waals surface area contributed by atoms with E-state index in [1.807, 2.05) is 13.2 Å². The van der Waals surface area contributed by atoms with E-state index in [0.29, 0.717) is 0 Å². The van der Waals surface area contributed by atoms with Crippen LogP contribution in [0.4, 0.5) is 0 Å². The van der Waals surface area contributed by atoms with Crippen LogP contribution in [0.25, 0.3) is 0 Å². The van der Waals surface area contributed by atoms with Gasteiger partial charge in [-0.1, -0.05) is 38.5 Å². The molecule has 0 bridgehead atoms.